The van der Waals surface area contributed by atoms with Crippen molar-refractivity contribution in [2.75, 3.05) is 18.0 Å². The summed E-state index contributed by atoms with van der Waals surface area (Å²) in [6.45, 7) is 5.02. The molecule has 0 saturated heterocycles. The molecule has 1 heterocycles. The van der Waals surface area contributed by atoms with Gasteiger partial charge in [-0.25, -0.2) is 0 Å². The third kappa shape index (κ3) is 3.47. The second kappa shape index (κ2) is 6.99. The molecule has 0 aliphatic carbocycles. The van der Waals surface area contributed by atoms with Gasteiger partial charge in [-0.3, -0.25) is 9.78 Å². The molecule has 4 nitrogen and oxygen atoms in total. The maximum Gasteiger partial charge on any atom is 0.260 e. The van der Waals surface area contributed by atoms with E-state index in [0.717, 1.165) is 23.4 Å². The zero-order valence-corrected chi connectivity index (χ0v) is 12.5. The maximum atomic E-state index is 12.9. The highest BCUT2D eigenvalue weighted by Crippen LogP contribution is 2.22. The van der Waals surface area contributed by atoms with Crippen LogP contribution in [-0.2, 0) is 0 Å². The molecule has 0 spiro atoms. The van der Waals surface area contributed by atoms with E-state index in [1.165, 1.54) is 0 Å². The van der Waals surface area contributed by atoms with Gasteiger partial charge in [-0.15, -0.1) is 0 Å². The number of anilines is 1. The summed E-state index contributed by atoms with van der Waals surface area (Å²) in [6, 6.07) is 11.5. The topological polar surface area (TPSA) is 59.2 Å². The average Bonchev–Trinajstić information content (AvgIpc) is 2.49. The summed E-state index contributed by atoms with van der Waals surface area (Å²) >= 11 is 0. The maximum absolute atomic E-state index is 12.9. The number of amides is 1. The molecule has 0 radical (unpaired) electrons. The molecule has 0 saturated carbocycles. The molecule has 1 amide bonds. The van der Waals surface area contributed by atoms with Crippen molar-refractivity contribution in [2.45, 2.75) is 20.3 Å². The lowest BCUT2D eigenvalue weighted by Gasteiger charge is -2.25. The van der Waals surface area contributed by atoms with Crippen LogP contribution in [0.15, 0.2) is 42.6 Å². The van der Waals surface area contributed by atoms with Crippen molar-refractivity contribution >= 4 is 11.6 Å². The fourth-order valence-electron chi connectivity index (χ4n) is 2.30. The Bertz CT molecular complexity index is 625. The molecular formula is C17H21N3O. The highest BCUT2D eigenvalue weighted by Gasteiger charge is 2.20. The Balaban J connectivity index is 2.39. The van der Waals surface area contributed by atoms with E-state index in [1.807, 2.05) is 44.2 Å². The molecule has 0 bridgehead atoms. The smallest absolute Gasteiger partial charge is 0.260 e. The van der Waals surface area contributed by atoms with Crippen LogP contribution in [-0.4, -0.2) is 24.0 Å². The summed E-state index contributed by atoms with van der Waals surface area (Å²) in [4.78, 5) is 18.9. The van der Waals surface area contributed by atoms with E-state index in [2.05, 4.69) is 4.98 Å². The van der Waals surface area contributed by atoms with E-state index < -0.39 is 0 Å². The van der Waals surface area contributed by atoms with Crippen molar-refractivity contribution < 1.29 is 4.79 Å². The molecule has 2 N–H and O–H groups in total. The fraction of sp³-hybridized carbons (Fsp3) is 0.294. The Kier molecular flexibility index (Phi) is 5.06. The number of nitrogens with zero attached hydrogens (tertiary/aromatic N) is 2. The number of carbonyl (C=O) groups is 1. The van der Waals surface area contributed by atoms with Crippen LogP contribution in [0.4, 0.5) is 5.69 Å². The third-order valence-corrected chi connectivity index (χ3v) is 3.47. The number of hydrogen-bond donors (Lipinski definition) is 1. The van der Waals surface area contributed by atoms with Gasteiger partial charge in [-0.1, -0.05) is 18.2 Å². The van der Waals surface area contributed by atoms with Crippen molar-refractivity contribution in [1.29, 1.82) is 0 Å². The van der Waals surface area contributed by atoms with Crippen LogP contribution < -0.4 is 10.6 Å². The molecule has 2 aromatic rings. The number of rotatable bonds is 5. The molecule has 21 heavy (non-hydrogen) atoms. The molecule has 0 aliphatic rings. The predicted octanol–water partition coefficient (Wildman–Crippen LogP) is 2.69. The molecule has 1 aromatic carbocycles. The summed E-state index contributed by atoms with van der Waals surface area (Å²) in [5.41, 5.74) is 9.00. The normalized spacial score (nSPS) is 10.4. The number of aromatic nitrogens is 1. The number of aryl methyl sites for hydroxylation is 2. The minimum Gasteiger partial charge on any atom is -0.330 e. The first-order valence-electron chi connectivity index (χ1n) is 7.14. The molecule has 110 valence electrons. The summed E-state index contributed by atoms with van der Waals surface area (Å²) in [7, 11) is 0. The molecule has 4 heteroatoms. The van der Waals surface area contributed by atoms with Crippen LogP contribution >= 0.6 is 0 Å². The standard InChI is InChI=1S/C17H21N3O/c1-13-7-3-4-9-16(13)20(12-6-10-18)17(21)15-8-5-11-19-14(15)2/h3-5,7-9,11H,6,10,12,18H2,1-2H3. The molecule has 2 rings (SSSR count). The van der Waals surface area contributed by atoms with Gasteiger partial charge in [0.05, 0.1) is 5.56 Å². The molecular weight excluding hydrogens is 262 g/mol. The Morgan fingerprint density at radius 3 is 2.62 bits per heavy atom. The first kappa shape index (κ1) is 15.2. The van der Waals surface area contributed by atoms with Crippen LogP contribution in [0.2, 0.25) is 0 Å². The van der Waals surface area contributed by atoms with E-state index in [0.29, 0.717) is 18.7 Å². The van der Waals surface area contributed by atoms with Gasteiger partial charge in [0.15, 0.2) is 0 Å². The van der Waals surface area contributed by atoms with Crippen molar-refractivity contribution in [1.82, 2.24) is 4.98 Å². The molecule has 0 atom stereocenters. The minimum absolute atomic E-state index is 0.0247. The monoisotopic (exact) mass is 283 g/mol. The Morgan fingerprint density at radius 2 is 1.95 bits per heavy atom. The largest absolute Gasteiger partial charge is 0.330 e. The number of benzene rings is 1. The van der Waals surface area contributed by atoms with Gasteiger partial charge in [0.2, 0.25) is 0 Å². The molecule has 1 aromatic heterocycles. The number of pyridine rings is 1. The number of carbonyl (C=O) groups excluding carboxylic acids is 1. The predicted molar refractivity (Wildman–Crippen MR) is 85.5 cm³/mol. The molecule has 0 aliphatic heterocycles. The highest BCUT2D eigenvalue weighted by atomic mass is 16.2. The van der Waals surface area contributed by atoms with Crippen molar-refractivity contribution in [3.63, 3.8) is 0 Å². The van der Waals surface area contributed by atoms with Crippen LogP contribution in [0.5, 0.6) is 0 Å². The Morgan fingerprint density at radius 1 is 1.19 bits per heavy atom. The van der Waals surface area contributed by atoms with Crippen LogP contribution in [0.25, 0.3) is 0 Å². The van der Waals surface area contributed by atoms with Gasteiger partial charge >= 0.3 is 0 Å². The van der Waals surface area contributed by atoms with Gasteiger partial charge in [0.1, 0.15) is 0 Å². The summed E-state index contributed by atoms with van der Waals surface area (Å²) < 4.78 is 0. The molecule has 0 unspecified atom stereocenters. The van der Waals surface area contributed by atoms with E-state index in [9.17, 15) is 4.79 Å². The van der Waals surface area contributed by atoms with Crippen molar-refractivity contribution in [3.8, 4) is 0 Å². The number of hydrogen-bond acceptors (Lipinski definition) is 3. The van der Waals surface area contributed by atoms with Gasteiger partial charge < -0.3 is 10.6 Å². The second-order valence-electron chi connectivity index (χ2n) is 5.02. The van der Waals surface area contributed by atoms with Gasteiger partial charge in [-0.05, 0) is 50.6 Å². The summed E-state index contributed by atoms with van der Waals surface area (Å²) in [5.74, 6) is -0.0247. The quantitative estimate of drug-likeness (QED) is 0.917. The zero-order chi connectivity index (χ0) is 15.2. The lowest BCUT2D eigenvalue weighted by Crippen LogP contribution is -2.34. The van der Waals surface area contributed by atoms with Crippen LogP contribution in [0.1, 0.15) is 28.0 Å². The number of nitrogens with two attached hydrogens (primary N) is 1. The lowest BCUT2D eigenvalue weighted by atomic mass is 10.1. The fourth-order valence-corrected chi connectivity index (χ4v) is 2.30. The van der Waals surface area contributed by atoms with E-state index >= 15 is 0 Å². The average molecular weight is 283 g/mol. The Hall–Kier alpha value is -2.20. The number of para-hydroxylation sites is 1. The van der Waals surface area contributed by atoms with Gasteiger partial charge in [0.25, 0.3) is 5.91 Å². The third-order valence-electron chi connectivity index (χ3n) is 3.47. The van der Waals surface area contributed by atoms with Gasteiger partial charge in [0, 0.05) is 24.1 Å². The van der Waals surface area contributed by atoms with E-state index in [-0.39, 0.29) is 5.91 Å². The van der Waals surface area contributed by atoms with Crippen molar-refractivity contribution in [3.05, 3.63) is 59.4 Å². The summed E-state index contributed by atoms with van der Waals surface area (Å²) in [6.07, 6.45) is 2.46. The Labute approximate surface area is 125 Å². The van der Waals surface area contributed by atoms with Crippen LogP contribution in [0, 0.1) is 13.8 Å². The second-order valence-corrected chi connectivity index (χ2v) is 5.02. The summed E-state index contributed by atoms with van der Waals surface area (Å²) in [5, 5.41) is 0. The van der Waals surface area contributed by atoms with E-state index in [4.69, 9.17) is 5.73 Å². The minimum atomic E-state index is -0.0247. The highest BCUT2D eigenvalue weighted by molar-refractivity contribution is 6.07. The first-order chi connectivity index (χ1) is 10.1. The molecule has 0 fully saturated rings. The van der Waals surface area contributed by atoms with Crippen molar-refractivity contribution in [2.24, 2.45) is 5.73 Å². The van der Waals surface area contributed by atoms with Gasteiger partial charge in [-0.2, -0.15) is 0 Å². The van der Waals surface area contributed by atoms with Crippen LogP contribution in [0.3, 0.4) is 0 Å². The lowest BCUT2D eigenvalue weighted by molar-refractivity contribution is 0.0985. The van der Waals surface area contributed by atoms with E-state index in [1.54, 1.807) is 17.2 Å². The zero-order valence-electron chi connectivity index (χ0n) is 12.5. The SMILES string of the molecule is Cc1ccccc1N(CCCN)C(=O)c1cccnc1C. The first-order valence-corrected chi connectivity index (χ1v) is 7.14.